The van der Waals surface area contributed by atoms with Gasteiger partial charge in [-0.2, -0.15) is 0 Å². The molecule has 0 aromatic heterocycles. The van der Waals surface area contributed by atoms with E-state index >= 15 is 0 Å². The van der Waals surface area contributed by atoms with Crippen LogP contribution >= 0.6 is 12.4 Å². The molecule has 0 aromatic rings. The summed E-state index contributed by atoms with van der Waals surface area (Å²) in [4.78, 5) is 22.7. The molecule has 5 heteroatoms. The Hall–Kier alpha value is -1.03. The Morgan fingerprint density at radius 1 is 1.67 bits per heavy atom. The lowest BCUT2D eigenvalue weighted by Gasteiger charge is -2.35. The molecule has 1 amide bonds. The van der Waals surface area contributed by atoms with Gasteiger partial charge in [0.25, 0.3) is 0 Å². The molecular weight excluding hydrogens is 182 g/mol. The molecule has 66 valence electrons. The van der Waals surface area contributed by atoms with Gasteiger partial charge >= 0.3 is 5.97 Å². The number of aliphatic carboxylic acids is 1. The number of carboxylic acid groups (broad SMARTS) is 1. The van der Waals surface area contributed by atoms with Crippen molar-refractivity contribution in [3.8, 4) is 0 Å². The quantitative estimate of drug-likeness (QED) is 0.607. The van der Waals surface area contributed by atoms with Gasteiger partial charge in [-0.1, -0.05) is 6.08 Å². The Balaban J connectivity index is 0.000000720. The van der Waals surface area contributed by atoms with Crippen LogP contribution in [0.5, 0.6) is 0 Å². The Morgan fingerprint density at radius 2 is 2.33 bits per heavy atom. The van der Waals surface area contributed by atoms with E-state index in [4.69, 9.17) is 5.11 Å². The molecule has 0 aliphatic carbocycles. The molecule has 2 rings (SSSR count). The first-order valence-electron chi connectivity index (χ1n) is 3.45. The van der Waals surface area contributed by atoms with Crippen molar-refractivity contribution in [2.24, 2.45) is 0 Å². The van der Waals surface area contributed by atoms with Crippen LogP contribution in [0.1, 0.15) is 12.8 Å². The van der Waals surface area contributed by atoms with Gasteiger partial charge in [-0.3, -0.25) is 4.79 Å². The third kappa shape index (κ3) is 0.992. The van der Waals surface area contributed by atoms with Crippen LogP contribution in [-0.2, 0) is 9.59 Å². The van der Waals surface area contributed by atoms with Crippen LogP contribution in [0.25, 0.3) is 0 Å². The number of amides is 1. The summed E-state index contributed by atoms with van der Waals surface area (Å²) >= 11 is 0. The van der Waals surface area contributed by atoms with Gasteiger partial charge in [0, 0.05) is 12.5 Å². The number of carboxylic acids is 1. The highest BCUT2D eigenvalue weighted by molar-refractivity contribution is 5.97. The summed E-state index contributed by atoms with van der Waals surface area (Å²) in [5.41, 5.74) is 0.159. The number of carbonyl (C=O) groups excluding carboxylic acids is 1. The van der Waals surface area contributed by atoms with E-state index in [1.165, 1.54) is 4.90 Å². The summed E-state index contributed by atoms with van der Waals surface area (Å²) in [7, 11) is 0. The number of halogens is 1. The number of fused-ring (bicyclic) bond motifs is 1. The van der Waals surface area contributed by atoms with E-state index in [-0.39, 0.29) is 30.1 Å². The van der Waals surface area contributed by atoms with Gasteiger partial charge in [0.1, 0.15) is 5.70 Å². The van der Waals surface area contributed by atoms with Gasteiger partial charge in [0.2, 0.25) is 5.91 Å². The van der Waals surface area contributed by atoms with E-state index in [9.17, 15) is 9.59 Å². The highest BCUT2D eigenvalue weighted by atomic mass is 35.5. The largest absolute Gasteiger partial charge is 0.477 e. The predicted octanol–water partition coefficient (Wildman–Crippen LogP) is 0.381. The molecule has 0 aromatic carbocycles. The minimum absolute atomic E-state index is 0. The van der Waals surface area contributed by atoms with Crippen molar-refractivity contribution in [3.63, 3.8) is 0 Å². The van der Waals surface area contributed by atoms with E-state index in [0.717, 1.165) is 0 Å². The molecule has 0 radical (unpaired) electrons. The van der Waals surface area contributed by atoms with Gasteiger partial charge in [-0.25, -0.2) is 4.79 Å². The Morgan fingerprint density at radius 3 is 2.75 bits per heavy atom. The van der Waals surface area contributed by atoms with Crippen molar-refractivity contribution >= 4 is 24.3 Å². The molecular formula is C7H8ClNO3. The maximum absolute atomic E-state index is 10.8. The number of carbonyl (C=O) groups is 2. The summed E-state index contributed by atoms with van der Waals surface area (Å²) in [6, 6.07) is 0.147. The number of β-lactam (4-membered cyclic amide) rings is 1. The molecule has 2 aliphatic heterocycles. The van der Waals surface area contributed by atoms with Crippen LogP contribution in [0.3, 0.4) is 0 Å². The van der Waals surface area contributed by atoms with E-state index in [1.807, 2.05) is 0 Å². The smallest absolute Gasteiger partial charge is 0.352 e. The summed E-state index contributed by atoms with van der Waals surface area (Å²) in [5.74, 6) is -1.07. The van der Waals surface area contributed by atoms with Crippen molar-refractivity contribution in [2.75, 3.05) is 0 Å². The van der Waals surface area contributed by atoms with Gasteiger partial charge < -0.3 is 10.0 Å². The molecule has 1 fully saturated rings. The second kappa shape index (κ2) is 2.79. The molecule has 1 atom stereocenters. The monoisotopic (exact) mass is 189 g/mol. The van der Waals surface area contributed by atoms with Crippen LogP contribution in [0.2, 0.25) is 0 Å². The number of rotatable bonds is 1. The lowest BCUT2D eigenvalue weighted by atomic mass is 10.0. The van der Waals surface area contributed by atoms with E-state index < -0.39 is 5.97 Å². The van der Waals surface area contributed by atoms with Crippen LogP contribution < -0.4 is 0 Å². The van der Waals surface area contributed by atoms with Crippen molar-refractivity contribution in [1.29, 1.82) is 0 Å². The summed E-state index contributed by atoms with van der Waals surface area (Å²) in [5, 5.41) is 8.59. The topological polar surface area (TPSA) is 57.6 Å². The second-order valence-corrected chi connectivity index (χ2v) is 2.75. The van der Waals surface area contributed by atoms with Crippen molar-refractivity contribution in [1.82, 2.24) is 4.90 Å². The fourth-order valence-corrected chi connectivity index (χ4v) is 1.54. The molecule has 4 nitrogen and oxygen atoms in total. The Labute approximate surface area is 75.3 Å². The fourth-order valence-electron chi connectivity index (χ4n) is 1.54. The molecule has 12 heavy (non-hydrogen) atoms. The lowest BCUT2D eigenvalue weighted by molar-refractivity contribution is -0.147. The molecule has 1 unspecified atom stereocenters. The first kappa shape index (κ1) is 9.06. The van der Waals surface area contributed by atoms with Gasteiger partial charge in [-0.05, 0) is 6.42 Å². The Bertz CT molecular complexity index is 274. The Kier molecular flexibility index (Phi) is 2.10. The summed E-state index contributed by atoms with van der Waals surface area (Å²) in [6.45, 7) is 0. The van der Waals surface area contributed by atoms with Gasteiger partial charge in [0.05, 0.1) is 0 Å². The van der Waals surface area contributed by atoms with Crippen LogP contribution in [0.15, 0.2) is 11.8 Å². The zero-order valence-electron chi connectivity index (χ0n) is 6.19. The standard InChI is InChI=1S/C7H7NO3.ClH/c9-6-3-4-1-2-5(7(10)11)8(4)6;/h2,4H,1,3H2,(H,10,11);1H. The molecule has 1 saturated heterocycles. The molecule has 0 bridgehead atoms. The number of hydrogen-bond donors (Lipinski definition) is 1. The van der Waals surface area contributed by atoms with Crippen LogP contribution in [0.4, 0.5) is 0 Å². The number of nitrogens with zero attached hydrogens (tertiary/aromatic N) is 1. The van der Waals surface area contributed by atoms with Gasteiger partial charge in [-0.15, -0.1) is 12.4 Å². The van der Waals surface area contributed by atoms with Crippen LogP contribution in [0, 0.1) is 0 Å². The van der Waals surface area contributed by atoms with E-state index in [1.54, 1.807) is 6.08 Å². The van der Waals surface area contributed by atoms with E-state index in [2.05, 4.69) is 0 Å². The first-order chi connectivity index (χ1) is 5.20. The fraction of sp³-hybridized carbons (Fsp3) is 0.429. The molecule has 0 spiro atoms. The zero-order valence-corrected chi connectivity index (χ0v) is 7.00. The van der Waals surface area contributed by atoms with Crippen molar-refractivity contribution < 1.29 is 14.7 Å². The highest BCUT2D eigenvalue weighted by Gasteiger charge is 2.43. The minimum atomic E-state index is -0.999. The maximum atomic E-state index is 10.8. The minimum Gasteiger partial charge on any atom is -0.477 e. The van der Waals surface area contributed by atoms with Crippen molar-refractivity contribution in [3.05, 3.63) is 11.8 Å². The maximum Gasteiger partial charge on any atom is 0.352 e. The normalized spacial score (nSPS) is 25.3. The van der Waals surface area contributed by atoms with Crippen molar-refractivity contribution in [2.45, 2.75) is 18.9 Å². The van der Waals surface area contributed by atoms with Gasteiger partial charge in [0.15, 0.2) is 0 Å². The average molecular weight is 190 g/mol. The first-order valence-corrected chi connectivity index (χ1v) is 3.45. The predicted molar refractivity (Wildman–Crippen MR) is 42.8 cm³/mol. The summed E-state index contributed by atoms with van der Waals surface area (Å²) < 4.78 is 0. The summed E-state index contributed by atoms with van der Waals surface area (Å²) in [6.07, 6.45) is 2.82. The third-order valence-corrected chi connectivity index (χ3v) is 2.11. The molecule has 2 aliphatic rings. The highest BCUT2D eigenvalue weighted by Crippen LogP contribution is 2.33. The van der Waals surface area contributed by atoms with E-state index in [0.29, 0.717) is 12.8 Å². The zero-order chi connectivity index (χ0) is 8.01. The lowest BCUT2D eigenvalue weighted by Crippen LogP contribution is -2.49. The molecule has 1 N–H and O–H groups in total. The molecule has 2 heterocycles. The number of hydrogen-bond acceptors (Lipinski definition) is 2. The second-order valence-electron chi connectivity index (χ2n) is 2.75. The molecule has 0 saturated carbocycles. The van der Waals surface area contributed by atoms with Crippen LogP contribution in [-0.4, -0.2) is 27.9 Å². The average Bonchev–Trinajstić information content (AvgIpc) is 2.25. The SMILES string of the molecule is Cl.O=C(O)C1=CCC2CC(=O)N12. The third-order valence-electron chi connectivity index (χ3n) is 2.11.